The lowest BCUT2D eigenvalue weighted by atomic mass is 10.2. The summed E-state index contributed by atoms with van der Waals surface area (Å²) in [6.45, 7) is 13.4. The summed E-state index contributed by atoms with van der Waals surface area (Å²) >= 11 is 0. The van der Waals surface area contributed by atoms with Crippen LogP contribution in [0.15, 0.2) is 60.8 Å². The van der Waals surface area contributed by atoms with Crippen molar-refractivity contribution >= 4 is 32.4 Å². The maximum absolute atomic E-state index is 13.6. The highest BCUT2D eigenvalue weighted by atomic mass is 31.2. The average Bonchev–Trinajstić information content (AvgIpc) is 2.73. The van der Waals surface area contributed by atoms with Crippen molar-refractivity contribution in [3.8, 4) is 5.75 Å². The molecule has 0 fully saturated rings. The number of nitrogens with zero attached hydrogens (tertiary/aromatic N) is 1. The zero-order valence-corrected chi connectivity index (χ0v) is 21.9. The third kappa shape index (κ3) is 6.00. The van der Waals surface area contributed by atoms with Gasteiger partial charge in [0.1, 0.15) is 5.75 Å². The second-order valence-electron chi connectivity index (χ2n) is 9.56. The molecule has 0 radical (unpaired) electrons. The summed E-state index contributed by atoms with van der Waals surface area (Å²) in [4.78, 5) is 4.45. The highest BCUT2D eigenvalue weighted by molar-refractivity contribution is 7.60. The Bertz CT molecular complexity index is 1090. The Balaban J connectivity index is 1.71. The topological polar surface area (TPSA) is 60.5 Å². The molecule has 0 spiro atoms. The Kier molecular flexibility index (Phi) is 7.49. The molecule has 0 bridgehead atoms. The quantitative estimate of drug-likeness (QED) is 0.259. The SMILES string of the molecule is CCOP(=O)(CCc1ccc(O[Si](C)(C)C(C)(C)C)cc1)Nc1cccc2cccnc12. The van der Waals surface area contributed by atoms with E-state index >= 15 is 0 Å². The summed E-state index contributed by atoms with van der Waals surface area (Å²) in [5.41, 5.74) is 2.63. The highest BCUT2D eigenvalue weighted by Gasteiger charge is 2.38. The third-order valence-electron chi connectivity index (χ3n) is 6.06. The number of benzene rings is 2. The van der Waals surface area contributed by atoms with Gasteiger partial charge in [0, 0.05) is 17.7 Å². The van der Waals surface area contributed by atoms with Gasteiger partial charge in [0.05, 0.1) is 17.8 Å². The number of anilines is 1. The fourth-order valence-electron chi connectivity index (χ4n) is 3.19. The Morgan fingerprint density at radius 3 is 2.38 bits per heavy atom. The fraction of sp³-hybridized carbons (Fsp3) is 0.400. The van der Waals surface area contributed by atoms with Crippen LogP contribution in [0.4, 0.5) is 5.69 Å². The van der Waals surface area contributed by atoms with Crippen LogP contribution < -0.4 is 9.51 Å². The van der Waals surface area contributed by atoms with Crippen molar-refractivity contribution < 1.29 is 13.5 Å². The first-order chi connectivity index (χ1) is 15.0. The molecular weight excluding hydrogens is 435 g/mol. The smallest absolute Gasteiger partial charge is 0.294 e. The third-order valence-corrected chi connectivity index (χ3v) is 12.5. The first kappa shape index (κ1) is 24.5. The Hall–Kier alpha value is -2.14. The molecule has 1 atom stereocenters. The molecule has 3 rings (SSSR count). The lowest BCUT2D eigenvalue weighted by Crippen LogP contribution is -2.43. The van der Waals surface area contributed by atoms with Crippen molar-refractivity contribution in [3.63, 3.8) is 0 Å². The predicted molar refractivity (Wildman–Crippen MR) is 137 cm³/mol. The van der Waals surface area contributed by atoms with Crippen LogP contribution in [0.2, 0.25) is 18.1 Å². The van der Waals surface area contributed by atoms with Gasteiger partial charge in [-0.3, -0.25) is 9.55 Å². The van der Waals surface area contributed by atoms with E-state index in [0.29, 0.717) is 19.2 Å². The molecule has 3 aromatic rings. The van der Waals surface area contributed by atoms with Crippen LogP contribution in [0.5, 0.6) is 5.75 Å². The van der Waals surface area contributed by atoms with Crippen LogP contribution in [0.1, 0.15) is 33.3 Å². The van der Waals surface area contributed by atoms with Crippen LogP contribution >= 0.6 is 7.52 Å². The molecular formula is C25H35N2O3PSi. The molecule has 0 aliphatic heterocycles. The van der Waals surface area contributed by atoms with Crippen LogP contribution in [0, 0.1) is 0 Å². The van der Waals surface area contributed by atoms with Gasteiger partial charge in [-0.1, -0.05) is 51.1 Å². The zero-order chi connectivity index (χ0) is 23.4. The van der Waals surface area contributed by atoms with E-state index in [-0.39, 0.29) is 5.04 Å². The molecule has 0 amide bonds. The normalized spacial score (nSPS) is 14.2. The lowest BCUT2D eigenvalue weighted by molar-refractivity contribution is 0.337. The number of hydrogen-bond acceptors (Lipinski definition) is 4. The maximum atomic E-state index is 13.6. The molecule has 1 aromatic heterocycles. The van der Waals surface area contributed by atoms with E-state index in [4.69, 9.17) is 8.95 Å². The van der Waals surface area contributed by atoms with Crippen LogP contribution in [-0.2, 0) is 15.5 Å². The van der Waals surface area contributed by atoms with Crippen molar-refractivity contribution in [1.29, 1.82) is 0 Å². The van der Waals surface area contributed by atoms with Gasteiger partial charge in [0.25, 0.3) is 7.52 Å². The van der Waals surface area contributed by atoms with Crippen molar-refractivity contribution in [2.24, 2.45) is 0 Å². The van der Waals surface area contributed by atoms with Crippen molar-refractivity contribution in [2.75, 3.05) is 17.9 Å². The standard InChI is InChI=1S/C25H35N2O3PSi/c1-7-29-31(28,27-23-12-8-10-21-11-9-18-26-24(21)23)19-17-20-13-15-22(16-14-20)30-32(5,6)25(2,3)4/h8-16,18H,7,17,19H2,1-6H3,(H,27,28). The average molecular weight is 471 g/mol. The zero-order valence-electron chi connectivity index (χ0n) is 20.0. The Morgan fingerprint density at radius 2 is 1.72 bits per heavy atom. The number of nitrogens with one attached hydrogen (secondary N) is 1. The van der Waals surface area contributed by atoms with Gasteiger partial charge >= 0.3 is 0 Å². The monoisotopic (exact) mass is 470 g/mol. The van der Waals surface area contributed by atoms with E-state index in [0.717, 1.165) is 27.9 Å². The second-order valence-corrected chi connectivity index (χ2v) is 16.6. The van der Waals surface area contributed by atoms with Crippen molar-refractivity contribution in [1.82, 2.24) is 4.98 Å². The van der Waals surface area contributed by atoms with E-state index in [1.165, 1.54) is 0 Å². The second kappa shape index (κ2) is 9.78. The number of aromatic nitrogens is 1. The first-order valence-electron chi connectivity index (χ1n) is 11.2. The first-order valence-corrected chi connectivity index (χ1v) is 15.9. The summed E-state index contributed by atoms with van der Waals surface area (Å²) in [5, 5.41) is 4.33. The summed E-state index contributed by atoms with van der Waals surface area (Å²) in [6.07, 6.45) is 2.78. The van der Waals surface area contributed by atoms with E-state index in [1.54, 1.807) is 6.20 Å². The highest BCUT2D eigenvalue weighted by Crippen LogP contribution is 2.48. The van der Waals surface area contributed by atoms with E-state index < -0.39 is 15.8 Å². The molecule has 1 unspecified atom stereocenters. The molecule has 172 valence electrons. The Labute approximate surface area is 193 Å². The van der Waals surface area contributed by atoms with E-state index in [9.17, 15) is 4.57 Å². The van der Waals surface area contributed by atoms with Crippen LogP contribution in [-0.4, -0.2) is 26.1 Å². The van der Waals surface area contributed by atoms with Crippen LogP contribution in [0.3, 0.4) is 0 Å². The fourth-order valence-corrected chi connectivity index (χ4v) is 6.04. The number of pyridine rings is 1. The van der Waals surface area contributed by atoms with Gasteiger partial charge in [0.2, 0.25) is 8.32 Å². The number of fused-ring (bicyclic) bond motifs is 1. The van der Waals surface area contributed by atoms with Crippen LogP contribution in [0.25, 0.3) is 10.9 Å². The molecule has 1 N–H and O–H groups in total. The minimum Gasteiger partial charge on any atom is -0.544 e. The van der Waals surface area contributed by atoms with Gasteiger partial charge in [-0.15, -0.1) is 0 Å². The lowest BCUT2D eigenvalue weighted by Gasteiger charge is -2.36. The summed E-state index contributed by atoms with van der Waals surface area (Å²) in [6, 6.07) is 17.9. The number of para-hydroxylation sites is 1. The molecule has 32 heavy (non-hydrogen) atoms. The number of rotatable bonds is 9. The van der Waals surface area contributed by atoms with Gasteiger partial charge < -0.3 is 14.0 Å². The molecule has 2 aromatic carbocycles. The minimum atomic E-state index is -3.09. The maximum Gasteiger partial charge on any atom is 0.294 e. The predicted octanol–water partition coefficient (Wildman–Crippen LogP) is 7.50. The molecule has 0 aliphatic carbocycles. The van der Waals surface area contributed by atoms with Crippen molar-refractivity contribution in [2.45, 2.75) is 52.2 Å². The van der Waals surface area contributed by atoms with Crippen molar-refractivity contribution in [3.05, 3.63) is 66.4 Å². The summed E-state index contributed by atoms with van der Waals surface area (Å²) < 4.78 is 25.7. The van der Waals surface area contributed by atoms with Gasteiger partial charge in [-0.05, 0) is 61.3 Å². The number of aryl methyl sites for hydroxylation is 1. The van der Waals surface area contributed by atoms with E-state index in [2.05, 4.69) is 56.1 Å². The molecule has 0 saturated carbocycles. The van der Waals surface area contributed by atoms with Gasteiger partial charge in [-0.25, -0.2) is 0 Å². The minimum absolute atomic E-state index is 0.151. The number of hydrogen-bond donors (Lipinski definition) is 1. The summed E-state index contributed by atoms with van der Waals surface area (Å²) in [5.74, 6) is 0.897. The molecule has 1 heterocycles. The largest absolute Gasteiger partial charge is 0.544 e. The Morgan fingerprint density at radius 1 is 1.03 bits per heavy atom. The van der Waals surface area contributed by atoms with E-state index in [1.807, 2.05) is 49.4 Å². The molecule has 7 heteroatoms. The molecule has 0 saturated heterocycles. The molecule has 5 nitrogen and oxygen atoms in total. The summed E-state index contributed by atoms with van der Waals surface area (Å²) in [7, 11) is -4.96. The van der Waals surface area contributed by atoms with Gasteiger partial charge in [-0.2, -0.15) is 0 Å². The van der Waals surface area contributed by atoms with Gasteiger partial charge in [0.15, 0.2) is 0 Å². The molecule has 0 aliphatic rings.